The summed E-state index contributed by atoms with van der Waals surface area (Å²) < 4.78 is 0. The maximum Gasteiger partial charge on any atom is 0.228 e. The van der Waals surface area contributed by atoms with Gasteiger partial charge in [-0.1, -0.05) is 6.92 Å². The standard InChI is InChI=1S/C13H17N3O/c1-13(2-3-13)7-15-11-6-10-8(4-9(11)14)5-12(17)16-10/h4,6,15H,2-3,5,7,14H2,1H3,(H,16,17). The number of carbonyl (C=O) groups is 1. The van der Waals surface area contributed by atoms with E-state index in [2.05, 4.69) is 17.6 Å². The van der Waals surface area contributed by atoms with Crippen LogP contribution in [0.5, 0.6) is 0 Å². The first-order valence-corrected chi connectivity index (χ1v) is 6.02. The van der Waals surface area contributed by atoms with E-state index in [0.29, 0.717) is 11.8 Å². The van der Waals surface area contributed by atoms with Gasteiger partial charge in [0.15, 0.2) is 0 Å². The number of nitrogens with one attached hydrogen (secondary N) is 2. The Hall–Kier alpha value is -1.71. The molecule has 17 heavy (non-hydrogen) atoms. The third-order valence-electron chi connectivity index (χ3n) is 3.71. The van der Waals surface area contributed by atoms with Crippen LogP contribution in [0.25, 0.3) is 0 Å². The molecule has 90 valence electrons. The molecule has 1 aromatic rings. The SMILES string of the molecule is CC1(CNc2cc3c(cc2N)CC(=O)N3)CC1. The van der Waals surface area contributed by atoms with Gasteiger partial charge in [-0.05, 0) is 36.0 Å². The van der Waals surface area contributed by atoms with E-state index in [4.69, 9.17) is 5.73 Å². The molecule has 4 N–H and O–H groups in total. The van der Waals surface area contributed by atoms with Crippen molar-refractivity contribution in [3.05, 3.63) is 17.7 Å². The van der Waals surface area contributed by atoms with Crippen LogP contribution in [0.1, 0.15) is 25.3 Å². The maximum atomic E-state index is 11.3. The monoisotopic (exact) mass is 231 g/mol. The molecule has 0 saturated heterocycles. The summed E-state index contributed by atoms with van der Waals surface area (Å²) in [5.41, 5.74) is 9.97. The van der Waals surface area contributed by atoms with Crippen LogP contribution in [0.15, 0.2) is 12.1 Å². The van der Waals surface area contributed by atoms with Gasteiger partial charge in [-0.25, -0.2) is 0 Å². The molecule has 1 aliphatic heterocycles. The van der Waals surface area contributed by atoms with Gasteiger partial charge in [0.25, 0.3) is 0 Å². The quantitative estimate of drug-likeness (QED) is 0.697. The Morgan fingerprint density at radius 1 is 1.47 bits per heavy atom. The van der Waals surface area contributed by atoms with Crippen molar-refractivity contribution in [2.75, 3.05) is 22.9 Å². The van der Waals surface area contributed by atoms with Crippen LogP contribution in [0.4, 0.5) is 17.1 Å². The van der Waals surface area contributed by atoms with Gasteiger partial charge in [-0.2, -0.15) is 0 Å². The molecule has 4 nitrogen and oxygen atoms in total. The average molecular weight is 231 g/mol. The van der Waals surface area contributed by atoms with E-state index in [1.165, 1.54) is 12.8 Å². The van der Waals surface area contributed by atoms with Crippen molar-refractivity contribution in [1.82, 2.24) is 0 Å². The molecule has 2 aliphatic rings. The van der Waals surface area contributed by atoms with Crippen molar-refractivity contribution in [3.8, 4) is 0 Å². The number of hydrogen-bond acceptors (Lipinski definition) is 3. The Labute approximate surface area is 101 Å². The fourth-order valence-corrected chi connectivity index (χ4v) is 2.15. The van der Waals surface area contributed by atoms with Crippen molar-refractivity contribution < 1.29 is 4.79 Å². The van der Waals surface area contributed by atoms with E-state index in [1.54, 1.807) is 0 Å². The van der Waals surface area contributed by atoms with Crippen LogP contribution in [0.3, 0.4) is 0 Å². The molecule has 0 unspecified atom stereocenters. The number of rotatable bonds is 3. The Bertz CT molecular complexity index is 492. The van der Waals surface area contributed by atoms with Crippen LogP contribution in [-0.2, 0) is 11.2 Å². The van der Waals surface area contributed by atoms with Crippen LogP contribution in [0.2, 0.25) is 0 Å². The van der Waals surface area contributed by atoms with E-state index in [0.717, 1.165) is 29.2 Å². The minimum atomic E-state index is 0.0469. The van der Waals surface area contributed by atoms with Crippen molar-refractivity contribution >= 4 is 23.0 Å². The van der Waals surface area contributed by atoms with E-state index in [9.17, 15) is 4.79 Å². The van der Waals surface area contributed by atoms with Crippen LogP contribution in [0, 0.1) is 5.41 Å². The molecule has 0 bridgehead atoms. The molecule has 0 atom stereocenters. The van der Waals surface area contributed by atoms with Gasteiger partial charge in [-0.15, -0.1) is 0 Å². The minimum Gasteiger partial charge on any atom is -0.397 e. The largest absolute Gasteiger partial charge is 0.397 e. The second-order valence-corrected chi connectivity index (χ2v) is 5.49. The number of benzene rings is 1. The van der Waals surface area contributed by atoms with Gasteiger partial charge in [0, 0.05) is 12.2 Å². The lowest BCUT2D eigenvalue weighted by Crippen LogP contribution is -2.13. The van der Waals surface area contributed by atoms with Gasteiger partial charge < -0.3 is 16.4 Å². The van der Waals surface area contributed by atoms with Crippen molar-refractivity contribution in [1.29, 1.82) is 0 Å². The lowest BCUT2D eigenvalue weighted by atomic mass is 10.1. The summed E-state index contributed by atoms with van der Waals surface area (Å²) in [7, 11) is 0. The zero-order chi connectivity index (χ0) is 12.0. The third kappa shape index (κ3) is 1.95. The number of hydrogen-bond donors (Lipinski definition) is 3. The first-order chi connectivity index (χ1) is 8.06. The summed E-state index contributed by atoms with van der Waals surface area (Å²) in [6.45, 7) is 3.22. The summed E-state index contributed by atoms with van der Waals surface area (Å²) >= 11 is 0. The molecular weight excluding hydrogens is 214 g/mol. The fraction of sp³-hybridized carbons (Fsp3) is 0.462. The highest BCUT2D eigenvalue weighted by Crippen LogP contribution is 2.45. The summed E-state index contributed by atoms with van der Waals surface area (Å²) in [5, 5.41) is 6.23. The zero-order valence-electron chi connectivity index (χ0n) is 9.97. The Morgan fingerprint density at radius 3 is 2.94 bits per heavy atom. The average Bonchev–Trinajstić information content (AvgIpc) is 2.88. The maximum absolute atomic E-state index is 11.3. The van der Waals surface area contributed by atoms with E-state index < -0.39 is 0 Å². The number of carbonyl (C=O) groups excluding carboxylic acids is 1. The third-order valence-corrected chi connectivity index (χ3v) is 3.71. The molecule has 0 radical (unpaired) electrons. The minimum absolute atomic E-state index is 0.0469. The summed E-state index contributed by atoms with van der Waals surface area (Å²) in [4.78, 5) is 11.3. The topological polar surface area (TPSA) is 67.1 Å². The predicted molar refractivity (Wildman–Crippen MR) is 69.0 cm³/mol. The van der Waals surface area contributed by atoms with E-state index >= 15 is 0 Å². The van der Waals surface area contributed by atoms with Gasteiger partial charge in [0.1, 0.15) is 0 Å². The Kier molecular flexibility index (Phi) is 2.08. The first kappa shape index (κ1) is 10.4. The van der Waals surface area contributed by atoms with Crippen LogP contribution < -0.4 is 16.4 Å². The number of fused-ring (bicyclic) bond motifs is 1. The second kappa shape index (κ2) is 3.39. The number of nitrogens with two attached hydrogens (primary N) is 1. The van der Waals surface area contributed by atoms with Gasteiger partial charge in [0.05, 0.1) is 17.8 Å². The summed E-state index contributed by atoms with van der Waals surface area (Å²) in [6.07, 6.45) is 3.00. The smallest absolute Gasteiger partial charge is 0.228 e. The highest BCUT2D eigenvalue weighted by Gasteiger charge is 2.36. The zero-order valence-corrected chi connectivity index (χ0v) is 9.97. The predicted octanol–water partition coefficient (Wildman–Crippen LogP) is 1.98. The van der Waals surface area contributed by atoms with E-state index in [-0.39, 0.29) is 5.91 Å². The van der Waals surface area contributed by atoms with Crippen LogP contribution in [-0.4, -0.2) is 12.5 Å². The first-order valence-electron chi connectivity index (χ1n) is 6.02. The summed E-state index contributed by atoms with van der Waals surface area (Å²) in [5.74, 6) is 0.0469. The molecule has 3 rings (SSSR count). The van der Waals surface area contributed by atoms with Crippen molar-refractivity contribution in [2.45, 2.75) is 26.2 Å². The van der Waals surface area contributed by atoms with Crippen molar-refractivity contribution in [2.24, 2.45) is 5.41 Å². The lowest BCUT2D eigenvalue weighted by Gasteiger charge is -2.14. The van der Waals surface area contributed by atoms with Crippen molar-refractivity contribution in [3.63, 3.8) is 0 Å². The van der Waals surface area contributed by atoms with Gasteiger partial charge in [-0.3, -0.25) is 4.79 Å². The molecule has 1 saturated carbocycles. The fourth-order valence-electron chi connectivity index (χ4n) is 2.15. The lowest BCUT2D eigenvalue weighted by molar-refractivity contribution is -0.115. The summed E-state index contributed by atoms with van der Waals surface area (Å²) in [6, 6.07) is 3.84. The Morgan fingerprint density at radius 2 is 2.24 bits per heavy atom. The molecular formula is C13H17N3O. The Balaban J connectivity index is 1.80. The molecule has 1 amide bonds. The normalized spacial score (nSPS) is 19.7. The molecule has 0 spiro atoms. The molecule has 1 aliphatic carbocycles. The number of amides is 1. The molecule has 4 heteroatoms. The second-order valence-electron chi connectivity index (χ2n) is 5.49. The number of nitrogen functional groups attached to an aromatic ring is 1. The van der Waals surface area contributed by atoms with E-state index in [1.807, 2.05) is 12.1 Å². The molecule has 1 aromatic carbocycles. The highest BCUT2D eigenvalue weighted by atomic mass is 16.1. The van der Waals surface area contributed by atoms with Gasteiger partial charge in [0.2, 0.25) is 5.91 Å². The van der Waals surface area contributed by atoms with Crippen LogP contribution >= 0.6 is 0 Å². The highest BCUT2D eigenvalue weighted by molar-refractivity contribution is 6.00. The molecule has 0 aromatic heterocycles. The number of anilines is 3. The molecule has 1 heterocycles. The van der Waals surface area contributed by atoms with Gasteiger partial charge >= 0.3 is 0 Å². The molecule has 1 fully saturated rings.